The maximum absolute atomic E-state index is 9.94. The molecule has 1 unspecified atom stereocenters. The van der Waals surface area contributed by atoms with E-state index in [0.717, 1.165) is 22.4 Å². The summed E-state index contributed by atoms with van der Waals surface area (Å²) in [7, 11) is 0. The minimum Gasteiger partial charge on any atom is -0.456 e. The summed E-state index contributed by atoms with van der Waals surface area (Å²) in [6, 6.07) is 18.2. The molecule has 2 fully saturated rings. The molecule has 11 heteroatoms. The van der Waals surface area contributed by atoms with Gasteiger partial charge in [0, 0.05) is 5.56 Å². The van der Waals surface area contributed by atoms with Crippen molar-refractivity contribution in [2.24, 2.45) is 0 Å². The molecule has 2 N–H and O–H groups in total. The van der Waals surface area contributed by atoms with Crippen LogP contribution in [0.3, 0.4) is 0 Å². The van der Waals surface area contributed by atoms with Crippen molar-refractivity contribution >= 4 is 22.8 Å². The standard InChI is InChI=1S/C26H21ClN6O4/c27-18-9-19-25(32-26(30-19)37-21-11-36-23-20(34)10-35-24(21)23)31-22(18)16-3-1-14(2-4-16)15-5-7-17(8-6-15)33-13-28-12-29-33/h1-9,12-13,20-21,23-24,34H,10-11H2,(H,30,31,32)/t20-,21?,23-,24-/m1/s1. The fourth-order valence-corrected chi connectivity index (χ4v) is 5.07. The summed E-state index contributed by atoms with van der Waals surface area (Å²) < 4.78 is 18.9. The van der Waals surface area contributed by atoms with Gasteiger partial charge in [-0.3, -0.25) is 0 Å². The van der Waals surface area contributed by atoms with Gasteiger partial charge in [-0.1, -0.05) is 48.0 Å². The van der Waals surface area contributed by atoms with Crippen molar-refractivity contribution in [3.63, 3.8) is 0 Å². The lowest BCUT2D eigenvalue weighted by atomic mass is 10.0. The Balaban J connectivity index is 1.11. The number of aliphatic hydroxyl groups is 1. The van der Waals surface area contributed by atoms with E-state index in [2.05, 4.69) is 25.0 Å². The zero-order valence-electron chi connectivity index (χ0n) is 19.4. The Morgan fingerprint density at radius 1 is 0.946 bits per heavy atom. The quantitative estimate of drug-likeness (QED) is 0.364. The van der Waals surface area contributed by atoms with Crippen LogP contribution in [0.2, 0.25) is 5.02 Å². The highest BCUT2D eigenvalue weighted by Crippen LogP contribution is 2.33. The molecule has 2 aliphatic heterocycles. The number of fused-ring (bicyclic) bond motifs is 2. The molecular formula is C26H21ClN6O4. The summed E-state index contributed by atoms with van der Waals surface area (Å²) in [5.74, 6) is 0. The predicted octanol–water partition coefficient (Wildman–Crippen LogP) is 3.43. The SMILES string of the molecule is O[C@@H]1CO[C@@H]2C(Oc3nc4nc(-c5ccc(-c6ccc(-n7cncn7)cc6)cc5)c(Cl)cc4[nH]3)CO[C@H]12. The number of aromatic nitrogens is 6. The van der Waals surface area contributed by atoms with E-state index in [1.807, 2.05) is 48.5 Å². The second-order valence-corrected chi connectivity index (χ2v) is 9.42. The summed E-state index contributed by atoms with van der Waals surface area (Å²) in [6.07, 6.45) is 1.48. The molecule has 0 bridgehead atoms. The summed E-state index contributed by atoms with van der Waals surface area (Å²) in [6.45, 7) is 0.557. The normalized spacial score (nSPS) is 23.0. The fraction of sp³-hybridized carbons (Fsp3) is 0.231. The molecule has 0 amide bonds. The molecule has 37 heavy (non-hydrogen) atoms. The van der Waals surface area contributed by atoms with Crippen LogP contribution in [0.25, 0.3) is 39.2 Å². The van der Waals surface area contributed by atoms with Gasteiger partial charge >= 0.3 is 0 Å². The molecule has 5 heterocycles. The van der Waals surface area contributed by atoms with Crippen LogP contribution < -0.4 is 4.74 Å². The largest absolute Gasteiger partial charge is 0.456 e. The number of hydrogen-bond acceptors (Lipinski definition) is 8. The molecule has 0 aliphatic carbocycles. The van der Waals surface area contributed by atoms with Crippen LogP contribution in [-0.4, -0.2) is 72.5 Å². The Bertz CT molecular complexity index is 1560. The number of aromatic amines is 1. The minimum atomic E-state index is -0.636. The molecule has 3 aromatic heterocycles. The second kappa shape index (κ2) is 8.93. The van der Waals surface area contributed by atoms with Crippen molar-refractivity contribution in [1.82, 2.24) is 29.7 Å². The molecule has 0 saturated carbocycles. The Hall–Kier alpha value is -3.83. The van der Waals surface area contributed by atoms with Crippen molar-refractivity contribution in [3.8, 4) is 34.1 Å². The van der Waals surface area contributed by atoms with Gasteiger partial charge in [-0.25, -0.2) is 14.6 Å². The number of nitrogens with one attached hydrogen (secondary N) is 1. The van der Waals surface area contributed by atoms with Gasteiger partial charge in [-0.2, -0.15) is 10.1 Å². The first-order chi connectivity index (χ1) is 18.1. The monoisotopic (exact) mass is 516 g/mol. The third-order valence-corrected chi connectivity index (χ3v) is 6.98. The van der Waals surface area contributed by atoms with Crippen molar-refractivity contribution in [2.45, 2.75) is 24.4 Å². The molecule has 186 valence electrons. The topological polar surface area (TPSA) is 120 Å². The highest BCUT2D eigenvalue weighted by Gasteiger charge is 2.48. The van der Waals surface area contributed by atoms with Crippen LogP contribution in [0, 0.1) is 0 Å². The Kier molecular flexibility index (Phi) is 5.40. The van der Waals surface area contributed by atoms with Crippen molar-refractivity contribution in [3.05, 3.63) is 72.3 Å². The highest BCUT2D eigenvalue weighted by molar-refractivity contribution is 6.33. The highest BCUT2D eigenvalue weighted by atomic mass is 35.5. The third kappa shape index (κ3) is 4.04. The predicted molar refractivity (Wildman–Crippen MR) is 135 cm³/mol. The number of hydrogen-bond donors (Lipinski definition) is 2. The number of H-pyrrole nitrogens is 1. The molecule has 10 nitrogen and oxygen atoms in total. The summed E-state index contributed by atoms with van der Waals surface area (Å²) >= 11 is 6.60. The van der Waals surface area contributed by atoms with Crippen molar-refractivity contribution < 1.29 is 19.3 Å². The molecule has 0 spiro atoms. The van der Waals surface area contributed by atoms with E-state index in [1.54, 1.807) is 17.1 Å². The number of pyridine rings is 1. The maximum atomic E-state index is 9.94. The molecule has 0 radical (unpaired) electrons. The van der Waals surface area contributed by atoms with E-state index in [9.17, 15) is 5.11 Å². The van der Waals surface area contributed by atoms with Crippen LogP contribution in [0.15, 0.2) is 67.3 Å². The molecule has 5 aromatic rings. The average Bonchev–Trinajstić information content (AvgIpc) is 3.71. The lowest BCUT2D eigenvalue weighted by Gasteiger charge is -2.15. The molecule has 2 saturated heterocycles. The Morgan fingerprint density at radius 3 is 2.43 bits per heavy atom. The van der Waals surface area contributed by atoms with Crippen LogP contribution in [0.4, 0.5) is 0 Å². The first-order valence-corrected chi connectivity index (χ1v) is 12.2. The first-order valence-electron chi connectivity index (χ1n) is 11.8. The zero-order valence-corrected chi connectivity index (χ0v) is 20.1. The van der Waals surface area contributed by atoms with E-state index < -0.39 is 6.10 Å². The van der Waals surface area contributed by atoms with Gasteiger partial charge in [-0.05, 0) is 29.3 Å². The van der Waals surface area contributed by atoms with E-state index >= 15 is 0 Å². The summed E-state index contributed by atoms with van der Waals surface area (Å²) in [5.41, 5.74) is 5.75. The van der Waals surface area contributed by atoms with E-state index in [-0.39, 0.29) is 24.9 Å². The number of aliphatic hydroxyl groups excluding tert-OH is 1. The first kappa shape index (κ1) is 22.4. The minimum absolute atomic E-state index is 0.239. The lowest BCUT2D eigenvalue weighted by Crippen LogP contribution is -2.34. The van der Waals surface area contributed by atoms with Gasteiger partial charge in [0.1, 0.15) is 31.0 Å². The number of rotatable bonds is 5. The molecule has 2 aliphatic rings. The van der Waals surface area contributed by atoms with Crippen molar-refractivity contribution in [1.29, 1.82) is 0 Å². The lowest BCUT2D eigenvalue weighted by molar-refractivity contribution is 0.00706. The van der Waals surface area contributed by atoms with Crippen LogP contribution >= 0.6 is 11.6 Å². The van der Waals surface area contributed by atoms with Gasteiger partial charge in [0.15, 0.2) is 11.8 Å². The summed E-state index contributed by atoms with van der Waals surface area (Å²) in [5, 5.41) is 14.6. The van der Waals surface area contributed by atoms with Gasteiger partial charge < -0.3 is 24.3 Å². The number of nitrogens with zero attached hydrogens (tertiary/aromatic N) is 5. The molecular weight excluding hydrogens is 496 g/mol. The van der Waals surface area contributed by atoms with E-state index in [0.29, 0.717) is 34.5 Å². The number of imidazole rings is 1. The smallest absolute Gasteiger partial charge is 0.296 e. The van der Waals surface area contributed by atoms with Crippen LogP contribution in [-0.2, 0) is 9.47 Å². The fourth-order valence-electron chi connectivity index (χ4n) is 4.81. The van der Waals surface area contributed by atoms with Gasteiger partial charge in [0.05, 0.1) is 35.1 Å². The summed E-state index contributed by atoms with van der Waals surface area (Å²) in [4.78, 5) is 16.3. The van der Waals surface area contributed by atoms with Gasteiger partial charge in [-0.15, -0.1) is 0 Å². The van der Waals surface area contributed by atoms with Gasteiger partial charge in [0.25, 0.3) is 6.01 Å². The average molecular weight is 517 g/mol. The zero-order chi connectivity index (χ0) is 24.9. The van der Waals surface area contributed by atoms with Gasteiger partial charge in [0.2, 0.25) is 0 Å². The van der Waals surface area contributed by atoms with Crippen molar-refractivity contribution in [2.75, 3.05) is 13.2 Å². The molecule has 2 aromatic carbocycles. The maximum Gasteiger partial charge on any atom is 0.296 e. The number of benzene rings is 2. The molecule has 4 atom stereocenters. The number of halogens is 1. The van der Waals surface area contributed by atoms with Crippen LogP contribution in [0.5, 0.6) is 6.01 Å². The number of ether oxygens (including phenoxy) is 3. The third-order valence-electron chi connectivity index (χ3n) is 6.69. The Labute approximate surface area is 215 Å². The van der Waals surface area contributed by atoms with E-state index in [4.69, 9.17) is 25.8 Å². The Morgan fingerprint density at radius 2 is 1.68 bits per heavy atom. The van der Waals surface area contributed by atoms with Crippen LogP contribution in [0.1, 0.15) is 0 Å². The second-order valence-electron chi connectivity index (χ2n) is 9.02. The van der Waals surface area contributed by atoms with E-state index in [1.165, 1.54) is 6.33 Å². The molecule has 7 rings (SSSR count).